The second-order valence-corrected chi connectivity index (χ2v) is 8.54. The first-order valence-corrected chi connectivity index (χ1v) is 11.0. The second-order valence-electron chi connectivity index (χ2n) is 8.54. The van der Waals surface area contributed by atoms with E-state index in [9.17, 15) is 0 Å². The Bertz CT molecular complexity index is 733. The van der Waals surface area contributed by atoms with Gasteiger partial charge in [-0.3, -0.25) is 20.4 Å². The predicted octanol–water partition coefficient (Wildman–Crippen LogP) is 3.15. The maximum atomic E-state index is 4.60. The molecular formula is C23H35N5. The van der Waals surface area contributed by atoms with E-state index in [2.05, 4.69) is 75.9 Å². The lowest BCUT2D eigenvalue weighted by Gasteiger charge is -2.36. The average molecular weight is 382 g/mol. The maximum absolute atomic E-state index is 4.60. The van der Waals surface area contributed by atoms with E-state index in [0.717, 1.165) is 31.5 Å². The Balaban J connectivity index is 1.27. The second kappa shape index (κ2) is 9.21. The van der Waals surface area contributed by atoms with Crippen LogP contribution in [0, 0.1) is 18.8 Å². The zero-order valence-corrected chi connectivity index (χ0v) is 17.4. The van der Waals surface area contributed by atoms with Gasteiger partial charge < -0.3 is 0 Å². The third-order valence-corrected chi connectivity index (χ3v) is 6.69. The SMILES string of the molecule is CCn1cc(CN2CCC(C3NNCC3CCc3ccccc3)CC2)c(C)n1. The molecule has 0 aliphatic carbocycles. The molecule has 1 aromatic carbocycles. The summed E-state index contributed by atoms with van der Waals surface area (Å²) in [6.45, 7) is 9.79. The summed E-state index contributed by atoms with van der Waals surface area (Å²) in [5.74, 6) is 1.52. The van der Waals surface area contributed by atoms with Gasteiger partial charge in [-0.25, -0.2) is 0 Å². The van der Waals surface area contributed by atoms with E-state index >= 15 is 0 Å². The molecule has 152 valence electrons. The van der Waals surface area contributed by atoms with E-state index in [1.165, 1.54) is 55.6 Å². The van der Waals surface area contributed by atoms with Gasteiger partial charge in [0.1, 0.15) is 0 Å². The number of likely N-dealkylation sites (tertiary alicyclic amines) is 1. The topological polar surface area (TPSA) is 45.1 Å². The molecule has 2 aromatic rings. The van der Waals surface area contributed by atoms with E-state index in [0.29, 0.717) is 6.04 Å². The van der Waals surface area contributed by atoms with Crippen LogP contribution in [0.25, 0.3) is 0 Å². The van der Waals surface area contributed by atoms with Crippen molar-refractivity contribution in [1.82, 2.24) is 25.5 Å². The molecule has 0 spiro atoms. The van der Waals surface area contributed by atoms with Crippen LogP contribution in [-0.4, -0.2) is 40.4 Å². The minimum absolute atomic E-state index is 0.621. The minimum atomic E-state index is 0.621. The minimum Gasteiger partial charge on any atom is -0.299 e. The van der Waals surface area contributed by atoms with Gasteiger partial charge in [0, 0.05) is 37.4 Å². The number of hydrazine groups is 1. The molecule has 2 atom stereocenters. The molecule has 2 saturated heterocycles. The fourth-order valence-corrected chi connectivity index (χ4v) is 4.92. The van der Waals surface area contributed by atoms with Gasteiger partial charge in [-0.1, -0.05) is 30.3 Å². The quantitative estimate of drug-likeness (QED) is 0.773. The van der Waals surface area contributed by atoms with Crippen molar-refractivity contribution in [2.24, 2.45) is 11.8 Å². The number of nitrogens with one attached hydrogen (secondary N) is 2. The molecule has 0 saturated carbocycles. The molecule has 2 unspecified atom stereocenters. The number of piperidine rings is 1. The fourth-order valence-electron chi connectivity index (χ4n) is 4.92. The van der Waals surface area contributed by atoms with Crippen molar-refractivity contribution >= 4 is 0 Å². The van der Waals surface area contributed by atoms with Gasteiger partial charge in [0.05, 0.1) is 5.69 Å². The van der Waals surface area contributed by atoms with Gasteiger partial charge in [-0.15, -0.1) is 0 Å². The molecule has 2 fully saturated rings. The predicted molar refractivity (Wildman–Crippen MR) is 114 cm³/mol. The highest BCUT2D eigenvalue weighted by molar-refractivity contribution is 5.16. The molecule has 0 bridgehead atoms. The Morgan fingerprint density at radius 3 is 2.64 bits per heavy atom. The first-order chi connectivity index (χ1) is 13.7. The molecule has 5 heteroatoms. The summed E-state index contributed by atoms with van der Waals surface area (Å²) in [7, 11) is 0. The standard InChI is InChI=1S/C23H35N5/c1-3-28-17-22(18(2)26-28)16-27-13-11-20(12-14-27)23-21(15-24-25-23)10-9-19-7-5-4-6-8-19/h4-8,17,20-21,23-25H,3,9-16H2,1-2H3. The molecule has 28 heavy (non-hydrogen) atoms. The van der Waals surface area contributed by atoms with E-state index < -0.39 is 0 Å². The van der Waals surface area contributed by atoms with Crippen LogP contribution in [0.1, 0.15) is 43.0 Å². The zero-order chi connectivity index (χ0) is 19.3. The summed E-state index contributed by atoms with van der Waals surface area (Å²) in [6, 6.07) is 11.5. The van der Waals surface area contributed by atoms with Crippen LogP contribution in [0.15, 0.2) is 36.5 Å². The summed E-state index contributed by atoms with van der Waals surface area (Å²) in [5.41, 5.74) is 11.1. The highest BCUT2D eigenvalue weighted by Gasteiger charge is 2.35. The molecule has 1 aromatic heterocycles. The van der Waals surface area contributed by atoms with Crippen molar-refractivity contribution < 1.29 is 0 Å². The third kappa shape index (κ3) is 4.65. The Kier molecular flexibility index (Phi) is 6.45. The van der Waals surface area contributed by atoms with Crippen LogP contribution in [0.3, 0.4) is 0 Å². The van der Waals surface area contributed by atoms with Gasteiger partial charge in [0.2, 0.25) is 0 Å². The van der Waals surface area contributed by atoms with Crippen LogP contribution in [-0.2, 0) is 19.5 Å². The van der Waals surface area contributed by atoms with Gasteiger partial charge in [0.25, 0.3) is 0 Å². The summed E-state index contributed by atoms with van der Waals surface area (Å²) < 4.78 is 2.06. The van der Waals surface area contributed by atoms with E-state index in [1.54, 1.807) is 0 Å². The molecule has 0 radical (unpaired) electrons. The smallest absolute Gasteiger partial charge is 0.0638 e. The number of benzene rings is 1. The number of hydrogen-bond acceptors (Lipinski definition) is 4. The molecule has 4 rings (SSSR count). The number of hydrogen-bond donors (Lipinski definition) is 2. The lowest BCUT2D eigenvalue weighted by molar-refractivity contribution is 0.142. The van der Waals surface area contributed by atoms with Crippen LogP contribution in [0.4, 0.5) is 0 Å². The van der Waals surface area contributed by atoms with Gasteiger partial charge in [0.15, 0.2) is 0 Å². The first-order valence-electron chi connectivity index (χ1n) is 11.0. The average Bonchev–Trinajstić information content (AvgIpc) is 3.34. The van der Waals surface area contributed by atoms with Crippen LogP contribution in [0.2, 0.25) is 0 Å². The highest BCUT2D eigenvalue weighted by atomic mass is 15.4. The van der Waals surface area contributed by atoms with E-state index in [-0.39, 0.29) is 0 Å². The van der Waals surface area contributed by atoms with Crippen molar-refractivity contribution in [3.63, 3.8) is 0 Å². The molecule has 2 aliphatic heterocycles. The lowest BCUT2D eigenvalue weighted by atomic mass is 9.81. The van der Waals surface area contributed by atoms with Crippen LogP contribution in [0.5, 0.6) is 0 Å². The fraction of sp³-hybridized carbons (Fsp3) is 0.609. The third-order valence-electron chi connectivity index (χ3n) is 6.69. The highest BCUT2D eigenvalue weighted by Crippen LogP contribution is 2.29. The normalized spacial score (nSPS) is 24.1. The number of aryl methyl sites for hydroxylation is 3. The molecule has 5 nitrogen and oxygen atoms in total. The zero-order valence-electron chi connectivity index (χ0n) is 17.4. The van der Waals surface area contributed by atoms with Crippen molar-refractivity contribution in [2.45, 2.75) is 58.7 Å². The number of aromatic nitrogens is 2. The first kappa shape index (κ1) is 19.6. The molecule has 0 amide bonds. The summed E-state index contributed by atoms with van der Waals surface area (Å²) >= 11 is 0. The Hall–Kier alpha value is -1.69. The monoisotopic (exact) mass is 381 g/mol. The Morgan fingerprint density at radius 1 is 1.14 bits per heavy atom. The maximum Gasteiger partial charge on any atom is 0.0638 e. The summed E-state index contributed by atoms with van der Waals surface area (Å²) in [4.78, 5) is 2.61. The summed E-state index contributed by atoms with van der Waals surface area (Å²) in [5, 5.41) is 4.60. The number of rotatable bonds is 7. The molecule has 2 N–H and O–H groups in total. The molecular weight excluding hydrogens is 346 g/mol. The summed E-state index contributed by atoms with van der Waals surface area (Å²) in [6.07, 6.45) is 7.27. The van der Waals surface area contributed by atoms with Gasteiger partial charge in [-0.05, 0) is 70.0 Å². The van der Waals surface area contributed by atoms with Crippen molar-refractivity contribution in [3.05, 3.63) is 53.3 Å². The largest absolute Gasteiger partial charge is 0.299 e. The van der Waals surface area contributed by atoms with Crippen molar-refractivity contribution in [1.29, 1.82) is 0 Å². The lowest BCUT2D eigenvalue weighted by Crippen LogP contribution is -2.44. The molecule has 3 heterocycles. The van der Waals surface area contributed by atoms with Crippen molar-refractivity contribution in [3.8, 4) is 0 Å². The van der Waals surface area contributed by atoms with E-state index in [4.69, 9.17) is 0 Å². The van der Waals surface area contributed by atoms with Crippen LogP contribution >= 0.6 is 0 Å². The Labute approximate surface area is 169 Å². The molecule has 2 aliphatic rings. The number of nitrogens with zero attached hydrogens (tertiary/aromatic N) is 3. The van der Waals surface area contributed by atoms with Gasteiger partial charge >= 0.3 is 0 Å². The van der Waals surface area contributed by atoms with Crippen molar-refractivity contribution in [2.75, 3.05) is 19.6 Å². The van der Waals surface area contributed by atoms with Crippen LogP contribution < -0.4 is 10.9 Å². The Morgan fingerprint density at radius 2 is 1.93 bits per heavy atom. The van der Waals surface area contributed by atoms with Gasteiger partial charge in [-0.2, -0.15) is 5.10 Å². The van der Waals surface area contributed by atoms with E-state index in [1.807, 2.05) is 0 Å².